The first kappa shape index (κ1) is 47.8. The highest BCUT2D eigenvalue weighted by Gasteiger charge is 2.53. The molecule has 0 amide bonds. The van der Waals surface area contributed by atoms with Crippen LogP contribution in [0, 0.1) is 17.8 Å². The van der Waals surface area contributed by atoms with E-state index in [0.29, 0.717) is 25.6 Å². The molecule has 9 aromatic carbocycles. The Morgan fingerprint density at radius 1 is 0.333 bits per heavy atom. The third kappa shape index (κ3) is 8.64. The third-order valence-electron chi connectivity index (χ3n) is 17.8. The fourth-order valence-electron chi connectivity index (χ4n) is 14.6. The second-order valence-electron chi connectivity index (χ2n) is 22.6. The molecule has 3 aliphatic heterocycles. The van der Waals surface area contributed by atoms with Crippen LogP contribution in [0.5, 0.6) is 17.2 Å². The van der Waals surface area contributed by atoms with Crippen LogP contribution in [0.25, 0.3) is 22.3 Å². The van der Waals surface area contributed by atoms with E-state index in [1.165, 1.54) is 94.5 Å². The minimum absolute atomic E-state index is 0.249. The molecule has 6 nitrogen and oxygen atoms in total. The number of benzene rings is 9. The Morgan fingerprint density at radius 3 is 1.15 bits per heavy atom. The number of hydrogen-bond acceptors (Lipinski definition) is 3. The number of para-hydroxylation sites is 6. The molecular weight excluding hydrogens is 955 g/mol. The smallest absolute Gasteiger partial charge is 0.292 e. The van der Waals surface area contributed by atoms with Gasteiger partial charge in [0.25, 0.3) is 20.2 Å². The minimum atomic E-state index is -0.249. The Morgan fingerprint density at radius 2 is 0.679 bits per heavy atom. The zero-order valence-corrected chi connectivity index (χ0v) is 44.3. The fraction of sp³-hybridized carbons (Fsp3) is 0.208. The molecule has 78 heavy (non-hydrogen) atoms. The first-order valence-corrected chi connectivity index (χ1v) is 28.0. The summed E-state index contributed by atoms with van der Waals surface area (Å²) in [6.45, 7) is 3.98. The van der Waals surface area contributed by atoms with E-state index in [4.69, 9.17) is 14.2 Å². The largest absolute Gasteiger partial charge is 0.435 e. The van der Waals surface area contributed by atoms with Crippen LogP contribution in [0.2, 0.25) is 0 Å². The molecule has 0 spiro atoms. The molecular formula is C72H64N3O3+3. The van der Waals surface area contributed by atoms with E-state index in [2.05, 4.69) is 233 Å². The van der Waals surface area contributed by atoms with Crippen molar-refractivity contribution in [2.45, 2.75) is 56.3 Å². The van der Waals surface area contributed by atoms with Crippen molar-refractivity contribution in [3.63, 3.8) is 0 Å². The minimum Gasteiger partial charge on any atom is -0.435 e. The Kier molecular flexibility index (Phi) is 12.3. The van der Waals surface area contributed by atoms with Gasteiger partial charge in [0.2, 0.25) is 17.1 Å². The van der Waals surface area contributed by atoms with Gasteiger partial charge in [-0.15, -0.1) is 0 Å². The van der Waals surface area contributed by atoms with E-state index in [9.17, 15) is 0 Å². The molecule has 5 aliphatic carbocycles. The van der Waals surface area contributed by atoms with Gasteiger partial charge in [-0.3, -0.25) is 0 Å². The van der Waals surface area contributed by atoms with Gasteiger partial charge < -0.3 is 14.2 Å². The van der Waals surface area contributed by atoms with E-state index in [1.807, 2.05) is 30.3 Å². The molecule has 0 N–H and O–H groups in total. The summed E-state index contributed by atoms with van der Waals surface area (Å²) in [4.78, 5) is 0. The van der Waals surface area contributed by atoms with Gasteiger partial charge in [-0.1, -0.05) is 170 Å². The quantitative estimate of drug-likeness (QED) is 0.156. The van der Waals surface area contributed by atoms with Gasteiger partial charge in [-0.2, -0.15) is 13.7 Å². The molecule has 382 valence electrons. The van der Waals surface area contributed by atoms with Crippen molar-refractivity contribution in [2.24, 2.45) is 17.8 Å². The van der Waals surface area contributed by atoms with Gasteiger partial charge in [-0.05, 0) is 115 Å². The van der Waals surface area contributed by atoms with Crippen molar-refractivity contribution in [2.75, 3.05) is 20.2 Å². The lowest BCUT2D eigenvalue weighted by atomic mass is 9.48. The van der Waals surface area contributed by atoms with Gasteiger partial charge >= 0.3 is 0 Å². The maximum absolute atomic E-state index is 6.42. The number of ether oxygens (including phenoxy) is 3. The molecule has 0 radical (unpaired) electrons. The second kappa shape index (κ2) is 20.1. The standard InChI is InChI=1S/C28H22NO.C24H26NO.C20H16NO/c1-28(24-15-7-5-13-22(24)23-14-6-8-16-25(23)28)26-17-9-10-20-18-29(19-30-27(20)26)21-11-3-2-4-12-21;1-2-6-21(7-3-1)25-15-20-5-4-8-22(23(20)26-16-25)24-12-17-9-18(13-24)11-19(10-17)14-24;1-3-8-16(9-4-1)19-13-7-10-17-14-21(15-22-20(17)19)18-11-5-2-6-12-18/h2-18H,19H2,1H3;1-8,15,17-19H,9-14,16H2;1-14H,15H2/q3*+1. The van der Waals surface area contributed by atoms with Gasteiger partial charge in [0.15, 0.2) is 18.6 Å². The third-order valence-corrected chi connectivity index (χ3v) is 17.8. The summed E-state index contributed by atoms with van der Waals surface area (Å²) in [5.41, 5.74) is 17.5. The molecule has 9 aromatic rings. The predicted octanol–water partition coefficient (Wildman–Crippen LogP) is 15.9. The summed E-state index contributed by atoms with van der Waals surface area (Å²) in [5.74, 6) is 6.00. The summed E-state index contributed by atoms with van der Waals surface area (Å²) < 4.78 is 25.4. The highest BCUT2D eigenvalue weighted by atomic mass is 16.5. The second-order valence-corrected chi connectivity index (χ2v) is 22.6. The van der Waals surface area contributed by atoms with Crippen LogP contribution in [0.1, 0.15) is 84.4 Å². The first-order valence-electron chi connectivity index (χ1n) is 28.0. The van der Waals surface area contributed by atoms with Crippen molar-refractivity contribution >= 4 is 35.7 Å². The van der Waals surface area contributed by atoms with Crippen molar-refractivity contribution in [3.8, 4) is 39.5 Å². The molecule has 4 bridgehead atoms. The summed E-state index contributed by atoms with van der Waals surface area (Å²) in [6, 6.07) is 78.7. The lowest BCUT2D eigenvalue weighted by Crippen LogP contribution is -2.48. The molecule has 17 rings (SSSR count). The van der Waals surface area contributed by atoms with Crippen LogP contribution in [0.4, 0.5) is 17.1 Å². The Labute approximate surface area is 458 Å². The Bertz CT molecular complexity index is 3710. The van der Waals surface area contributed by atoms with E-state index in [-0.39, 0.29) is 5.41 Å². The van der Waals surface area contributed by atoms with E-state index >= 15 is 0 Å². The Hall–Kier alpha value is -8.61. The zero-order valence-electron chi connectivity index (χ0n) is 44.3. The average molecular weight is 1020 g/mol. The molecule has 6 heteroatoms. The van der Waals surface area contributed by atoms with Crippen molar-refractivity contribution in [1.82, 2.24) is 0 Å². The molecule has 3 heterocycles. The lowest BCUT2D eigenvalue weighted by Gasteiger charge is -2.57. The average Bonchev–Trinajstić information content (AvgIpc) is 3.97. The van der Waals surface area contributed by atoms with Crippen LogP contribution < -0.4 is 14.2 Å². The van der Waals surface area contributed by atoms with Crippen LogP contribution in [0.15, 0.2) is 224 Å². The summed E-state index contributed by atoms with van der Waals surface area (Å²) in [5, 5.41) is 0. The summed E-state index contributed by atoms with van der Waals surface area (Å²) >= 11 is 0. The molecule has 0 unspecified atom stereocenters. The van der Waals surface area contributed by atoms with E-state index in [0.717, 1.165) is 57.3 Å². The Balaban J connectivity index is 0.000000107. The summed E-state index contributed by atoms with van der Waals surface area (Å²) in [6.07, 6.45) is 15.3. The molecule has 0 saturated heterocycles. The van der Waals surface area contributed by atoms with Gasteiger partial charge in [0.1, 0.15) is 17.2 Å². The molecule has 4 fully saturated rings. The first-order chi connectivity index (χ1) is 38.5. The highest BCUT2D eigenvalue weighted by molar-refractivity contribution is 5.89. The number of nitrogens with zero attached hydrogens (tertiary/aromatic N) is 3. The number of fused-ring (bicyclic) bond motifs is 6. The van der Waals surface area contributed by atoms with Gasteiger partial charge in [0.05, 0.1) is 16.7 Å². The van der Waals surface area contributed by atoms with Crippen LogP contribution in [0.3, 0.4) is 0 Å². The number of rotatable bonds is 6. The molecule has 0 atom stereocenters. The monoisotopic (exact) mass is 1020 g/mol. The predicted molar refractivity (Wildman–Crippen MR) is 313 cm³/mol. The van der Waals surface area contributed by atoms with Gasteiger partial charge in [-0.25, -0.2) is 0 Å². The van der Waals surface area contributed by atoms with Gasteiger partial charge in [0, 0.05) is 58.5 Å². The maximum Gasteiger partial charge on any atom is 0.292 e. The maximum atomic E-state index is 6.42. The molecule has 4 saturated carbocycles. The summed E-state index contributed by atoms with van der Waals surface area (Å²) in [7, 11) is 0. The normalized spacial score (nSPS) is 21.0. The van der Waals surface area contributed by atoms with E-state index in [1.54, 1.807) is 0 Å². The van der Waals surface area contributed by atoms with E-state index < -0.39 is 0 Å². The SMILES string of the molecule is C1=[N+](c2ccccc2)COc2c1cccc2-c1ccccc1.C1=[N+](c2ccccc2)COc2c1cccc2C12CC3CC(CC(C3)C1)C2.CC1(c2cccc3c2OC[N+](c2ccccc2)=C3)c2ccccc2-c2ccccc21. The molecule has 8 aliphatic rings. The zero-order chi connectivity index (χ0) is 52.0. The fourth-order valence-corrected chi connectivity index (χ4v) is 14.6. The topological polar surface area (TPSA) is 36.7 Å². The van der Waals surface area contributed by atoms with Crippen LogP contribution in [-0.2, 0) is 10.8 Å². The van der Waals surface area contributed by atoms with Crippen molar-refractivity contribution < 1.29 is 27.9 Å². The van der Waals surface area contributed by atoms with Crippen molar-refractivity contribution in [1.29, 1.82) is 0 Å². The van der Waals surface area contributed by atoms with Crippen LogP contribution >= 0.6 is 0 Å². The number of hydrogen-bond donors (Lipinski definition) is 0. The molecule has 0 aromatic heterocycles. The lowest BCUT2D eigenvalue weighted by molar-refractivity contribution is -0.476. The van der Waals surface area contributed by atoms with Crippen LogP contribution in [-0.4, -0.2) is 52.6 Å². The highest BCUT2D eigenvalue weighted by Crippen LogP contribution is 2.62. The van der Waals surface area contributed by atoms with Crippen molar-refractivity contribution in [3.05, 3.63) is 263 Å².